The number of nitrogens with zero attached hydrogens (tertiary/aromatic N) is 2. The maximum Gasteiger partial charge on any atom is 0.103 e. The van der Waals surface area contributed by atoms with E-state index in [9.17, 15) is 5.26 Å². The van der Waals surface area contributed by atoms with Crippen LogP contribution in [-0.2, 0) is 0 Å². The fourth-order valence-electron chi connectivity index (χ4n) is 4.28. The first-order chi connectivity index (χ1) is 10.3. The number of fused-ring (bicyclic) bond motifs is 3. The van der Waals surface area contributed by atoms with Crippen LogP contribution in [0.1, 0.15) is 31.2 Å². The molecule has 2 aromatic rings. The number of nitriles is 1. The van der Waals surface area contributed by atoms with E-state index >= 15 is 0 Å². The van der Waals surface area contributed by atoms with Crippen molar-refractivity contribution in [3.63, 3.8) is 0 Å². The van der Waals surface area contributed by atoms with Crippen LogP contribution in [0.2, 0.25) is 0 Å². The molecule has 0 aliphatic heterocycles. The second kappa shape index (κ2) is 5.04. The van der Waals surface area contributed by atoms with Gasteiger partial charge in [-0.1, -0.05) is 24.6 Å². The average molecular weight is 277 g/mol. The van der Waals surface area contributed by atoms with Crippen molar-refractivity contribution in [2.45, 2.75) is 25.7 Å². The molecule has 2 aliphatic carbocycles. The quantitative estimate of drug-likeness (QED) is 0.924. The molecular formula is C18H19N3. The molecule has 1 N–H and O–H groups in total. The summed E-state index contributed by atoms with van der Waals surface area (Å²) in [6.07, 6.45) is 7.31. The number of hydrogen-bond acceptors (Lipinski definition) is 3. The predicted molar refractivity (Wildman–Crippen MR) is 83.9 cm³/mol. The number of para-hydroxylation sites is 1. The van der Waals surface area contributed by atoms with Crippen molar-refractivity contribution in [3.05, 3.63) is 36.0 Å². The first-order valence-electron chi connectivity index (χ1n) is 7.87. The van der Waals surface area contributed by atoms with Crippen molar-refractivity contribution in [1.82, 2.24) is 4.98 Å². The van der Waals surface area contributed by atoms with Crippen molar-refractivity contribution in [1.29, 1.82) is 5.26 Å². The number of rotatable bonds is 3. The normalized spacial score (nSPS) is 26.9. The van der Waals surface area contributed by atoms with Gasteiger partial charge in [-0.3, -0.25) is 4.98 Å². The number of hydrogen-bond donors (Lipinski definition) is 1. The monoisotopic (exact) mass is 277 g/mol. The third-order valence-electron chi connectivity index (χ3n) is 5.32. The fourth-order valence-corrected chi connectivity index (χ4v) is 4.28. The van der Waals surface area contributed by atoms with Crippen molar-refractivity contribution < 1.29 is 0 Å². The van der Waals surface area contributed by atoms with E-state index in [2.05, 4.69) is 16.4 Å². The molecule has 2 aliphatic rings. The Morgan fingerprint density at radius 3 is 2.90 bits per heavy atom. The zero-order chi connectivity index (χ0) is 14.2. The highest BCUT2D eigenvalue weighted by Crippen LogP contribution is 2.48. The SMILES string of the molecule is N#Cc1cnc2ccccc2c1NCC1CC2CCC1C2. The van der Waals surface area contributed by atoms with Gasteiger partial charge >= 0.3 is 0 Å². The molecule has 0 saturated heterocycles. The lowest BCUT2D eigenvalue weighted by Crippen LogP contribution is -2.20. The predicted octanol–water partition coefficient (Wildman–Crippen LogP) is 3.95. The summed E-state index contributed by atoms with van der Waals surface area (Å²) < 4.78 is 0. The second-order valence-electron chi connectivity index (χ2n) is 6.49. The van der Waals surface area contributed by atoms with Gasteiger partial charge in [0.1, 0.15) is 6.07 Å². The van der Waals surface area contributed by atoms with E-state index < -0.39 is 0 Å². The Kier molecular flexibility index (Phi) is 3.03. The maximum atomic E-state index is 9.35. The van der Waals surface area contributed by atoms with Crippen LogP contribution in [0.3, 0.4) is 0 Å². The summed E-state index contributed by atoms with van der Waals surface area (Å²) in [5, 5.41) is 14.0. The van der Waals surface area contributed by atoms with E-state index in [0.717, 1.165) is 40.9 Å². The van der Waals surface area contributed by atoms with Gasteiger partial charge in [-0.15, -0.1) is 0 Å². The third kappa shape index (κ3) is 2.15. The average Bonchev–Trinajstić information content (AvgIpc) is 3.15. The number of pyridine rings is 1. The van der Waals surface area contributed by atoms with Crippen LogP contribution in [0, 0.1) is 29.1 Å². The number of benzene rings is 1. The molecule has 3 atom stereocenters. The van der Waals surface area contributed by atoms with E-state index in [1.165, 1.54) is 25.7 Å². The fraction of sp³-hybridized carbons (Fsp3) is 0.444. The Balaban J connectivity index is 1.62. The molecule has 0 amide bonds. The molecule has 106 valence electrons. The lowest BCUT2D eigenvalue weighted by Gasteiger charge is -2.23. The highest BCUT2D eigenvalue weighted by atomic mass is 14.9. The van der Waals surface area contributed by atoms with Gasteiger partial charge < -0.3 is 5.32 Å². The highest BCUT2D eigenvalue weighted by Gasteiger charge is 2.39. The van der Waals surface area contributed by atoms with Crippen molar-refractivity contribution in [2.24, 2.45) is 17.8 Å². The molecule has 0 radical (unpaired) electrons. The van der Waals surface area contributed by atoms with E-state index in [-0.39, 0.29) is 0 Å². The Morgan fingerprint density at radius 1 is 1.24 bits per heavy atom. The number of anilines is 1. The highest BCUT2D eigenvalue weighted by molar-refractivity contribution is 5.93. The largest absolute Gasteiger partial charge is 0.383 e. The van der Waals surface area contributed by atoms with Gasteiger partial charge in [0.2, 0.25) is 0 Å². The summed E-state index contributed by atoms with van der Waals surface area (Å²) in [6, 6.07) is 10.3. The Labute approximate surface area is 125 Å². The van der Waals surface area contributed by atoms with Gasteiger partial charge in [-0.25, -0.2) is 0 Å². The number of aromatic nitrogens is 1. The second-order valence-corrected chi connectivity index (χ2v) is 6.49. The van der Waals surface area contributed by atoms with Crippen LogP contribution < -0.4 is 5.32 Å². The maximum absolute atomic E-state index is 9.35. The lowest BCUT2D eigenvalue weighted by molar-refractivity contribution is 0.348. The Morgan fingerprint density at radius 2 is 2.14 bits per heavy atom. The molecule has 1 heterocycles. The van der Waals surface area contributed by atoms with E-state index in [0.29, 0.717) is 5.56 Å². The molecule has 2 bridgehead atoms. The Hall–Kier alpha value is -2.08. The molecule has 3 heteroatoms. The third-order valence-corrected chi connectivity index (χ3v) is 5.32. The summed E-state index contributed by atoms with van der Waals surface area (Å²) >= 11 is 0. The van der Waals surface area contributed by atoms with Crippen LogP contribution in [0.15, 0.2) is 30.5 Å². The van der Waals surface area contributed by atoms with Crippen molar-refractivity contribution in [3.8, 4) is 6.07 Å². The lowest BCUT2D eigenvalue weighted by atomic mass is 9.89. The van der Waals surface area contributed by atoms with Gasteiger partial charge in [0.05, 0.1) is 16.8 Å². The summed E-state index contributed by atoms with van der Waals surface area (Å²) in [5.74, 6) is 2.65. The standard InChI is InChI=1S/C18H19N3/c19-9-15-11-20-17-4-2-1-3-16(17)18(15)21-10-14-8-12-5-6-13(14)7-12/h1-4,11-14H,5-8,10H2,(H,20,21). The summed E-state index contributed by atoms with van der Waals surface area (Å²) in [6.45, 7) is 0.990. The van der Waals surface area contributed by atoms with Crippen LogP contribution in [0.25, 0.3) is 10.9 Å². The molecule has 1 aromatic carbocycles. The zero-order valence-corrected chi connectivity index (χ0v) is 12.0. The minimum absolute atomic E-state index is 0.650. The zero-order valence-electron chi connectivity index (χ0n) is 12.0. The van der Waals surface area contributed by atoms with E-state index in [4.69, 9.17) is 0 Å². The molecule has 2 fully saturated rings. The van der Waals surface area contributed by atoms with Crippen LogP contribution in [-0.4, -0.2) is 11.5 Å². The molecule has 3 nitrogen and oxygen atoms in total. The summed E-state index contributed by atoms with van der Waals surface area (Å²) in [7, 11) is 0. The van der Waals surface area contributed by atoms with Gasteiger partial charge in [-0.05, 0) is 43.1 Å². The molecular weight excluding hydrogens is 258 g/mol. The first-order valence-corrected chi connectivity index (χ1v) is 7.87. The first kappa shape index (κ1) is 12.6. The Bertz CT molecular complexity index is 716. The van der Waals surface area contributed by atoms with E-state index in [1.807, 2.05) is 24.3 Å². The molecule has 0 spiro atoms. The van der Waals surface area contributed by atoms with Gasteiger partial charge in [0.25, 0.3) is 0 Å². The van der Waals surface area contributed by atoms with Crippen molar-refractivity contribution in [2.75, 3.05) is 11.9 Å². The summed E-state index contributed by atoms with van der Waals surface area (Å²) in [4.78, 5) is 4.37. The van der Waals surface area contributed by atoms with Crippen LogP contribution in [0.4, 0.5) is 5.69 Å². The van der Waals surface area contributed by atoms with Gasteiger partial charge in [0.15, 0.2) is 0 Å². The topological polar surface area (TPSA) is 48.7 Å². The smallest absolute Gasteiger partial charge is 0.103 e. The van der Waals surface area contributed by atoms with Crippen LogP contribution >= 0.6 is 0 Å². The van der Waals surface area contributed by atoms with E-state index in [1.54, 1.807) is 6.20 Å². The van der Waals surface area contributed by atoms with Gasteiger partial charge in [0, 0.05) is 18.1 Å². The molecule has 2 saturated carbocycles. The van der Waals surface area contributed by atoms with Gasteiger partial charge in [-0.2, -0.15) is 5.26 Å². The minimum Gasteiger partial charge on any atom is -0.383 e. The molecule has 21 heavy (non-hydrogen) atoms. The molecule has 3 unspecified atom stereocenters. The van der Waals surface area contributed by atoms with Crippen molar-refractivity contribution >= 4 is 16.6 Å². The number of nitrogens with one attached hydrogen (secondary N) is 1. The summed E-state index contributed by atoms with van der Waals surface area (Å²) in [5.41, 5.74) is 2.56. The minimum atomic E-state index is 0.650. The van der Waals surface area contributed by atoms with Crippen LogP contribution in [0.5, 0.6) is 0 Å². The molecule has 4 rings (SSSR count). The molecule has 1 aromatic heterocycles.